The molecule has 106 valence electrons. The molecule has 5 heteroatoms. The van der Waals surface area contributed by atoms with E-state index in [4.69, 9.17) is 9.84 Å². The summed E-state index contributed by atoms with van der Waals surface area (Å²) in [5, 5.41) is 14.9. The largest absolute Gasteiger partial charge is 0.495 e. The number of carbonyl (C=O) groups is 1. The van der Waals surface area contributed by atoms with Crippen molar-refractivity contribution >= 4 is 11.6 Å². The summed E-state index contributed by atoms with van der Waals surface area (Å²) in [6.07, 6.45) is 1.30. The Bertz CT molecular complexity index is 394. The molecule has 0 fully saturated rings. The predicted molar refractivity (Wildman–Crippen MR) is 75.4 cm³/mol. The molecule has 0 aliphatic carbocycles. The van der Waals surface area contributed by atoms with Gasteiger partial charge in [-0.2, -0.15) is 0 Å². The summed E-state index contributed by atoms with van der Waals surface area (Å²) >= 11 is 0. The standard InChI is InChI=1S/C14H22N2O3/c1-11(17)6-5-9-15-10-14(18)16-12-7-3-4-8-13(12)19-2/h3-4,7-8,11,15,17H,5-6,9-10H2,1-2H3,(H,16,18). The van der Waals surface area contributed by atoms with Crippen LogP contribution < -0.4 is 15.4 Å². The molecule has 1 aromatic rings. The van der Waals surface area contributed by atoms with Crippen LogP contribution in [0.2, 0.25) is 0 Å². The molecule has 1 aromatic carbocycles. The average Bonchev–Trinajstić information content (AvgIpc) is 2.38. The zero-order valence-corrected chi connectivity index (χ0v) is 11.5. The Morgan fingerprint density at radius 1 is 1.42 bits per heavy atom. The summed E-state index contributed by atoms with van der Waals surface area (Å²) < 4.78 is 5.15. The number of hydrogen-bond donors (Lipinski definition) is 3. The molecule has 19 heavy (non-hydrogen) atoms. The minimum atomic E-state index is -0.288. The second kappa shape index (κ2) is 8.50. The zero-order valence-electron chi connectivity index (χ0n) is 11.5. The van der Waals surface area contributed by atoms with Gasteiger partial charge in [0.25, 0.3) is 0 Å². The van der Waals surface area contributed by atoms with Crippen LogP contribution in [0.15, 0.2) is 24.3 Å². The number of carbonyl (C=O) groups excluding carboxylic acids is 1. The first-order chi connectivity index (χ1) is 9.13. The van der Waals surface area contributed by atoms with Crippen molar-refractivity contribution in [1.82, 2.24) is 5.32 Å². The summed E-state index contributed by atoms with van der Waals surface area (Å²) in [6, 6.07) is 7.28. The third-order valence-electron chi connectivity index (χ3n) is 2.64. The molecule has 0 heterocycles. The molecule has 0 saturated carbocycles. The first kappa shape index (κ1) is 15.5. The van der Waals surface area contributed by atoms with E-state index < -0.39 is 0 Å². The molecule has 0 aliphatic heterocycles. The Morgan fingerprint density at radius 3 is 2.84 bits per heavy atom. The number of anilines is 1. The van der Waals surface area contributed by atoms with Crippen molar-refractivity contribution in [1.29, 1.82) is 0 Å². The minimum Gasteiger partial charge on any atom is -0.495 e. The van der Waals surface area contributed by atoms with Gasteiger partial charge in [0.1, 0.15) is 5.75 Å². The molecule has 0 saturated heterocycles. The summed E-state index contributed by atoms with van der Waals surface area (Å²) in [5.74, 6) is 0.534. The number of amides is 1. The lowest BCUT2D eigenvalue weighted by molar-refractivity contribution is -0.115. The van der Waals surface area contributed by atoms with Gasteiger partial charge in [0.05, 0.1) is 25.4 Å². The van der Waals surface area contributed by atoms with Crippen molar-refractivity contribution < 1.29 is 14.6 Å². The molecule has 0 spiro atoms. The Morgan fingerprint density at radius 2 is 2.16 bits per heavy atom. The van der Waals surface area contributed by atoms with Crippen molar-refractivity contribution in [3.8, 4) is 5.75 Å². The topological polar surface area (TPSA) is 70.6 Å². The van der Waals surface area contributed by atoms with Gasteiger partial charge in [0.2, 0.25) is 5.91 Å². The molecule has 5 nitrogen and oxygen atoms in total. The van der Waals surface area contributed by atoms with E-state index in [0.29, 0.717) is 18.0 Å². The van der Waals surface area contributed by atoms with Gasteiger partial charge in [-0.25, -0.2) is 0 Å². The van der Waals surface area contributed by atoms with E-state index in [9.17, 15) is 4.79 Å². The van der Waals surface area contributed by atoms with Gasteiger partial charge in [-0.15, -0.1) is 0 Å². The number of nitrogens with one attached hydrogen (secondary N) is 2. The summed E-state index contributed by atoms with van der Waals surface area (Å²) in [7, 11) is 1.57. The van der Waals surface area contributed by atoms with Crippen molar-refractivity contribution in [2.75, 3.05) is 25.5 Å². The monoisotopic (exact) mass is 266 g/mol. The van der Waals surface area contributed by atoms with E-state index >= 15 is 0 Å². The molecule has 3 N–H and O–H groups in total. The molecule has 0 bridgehead atoms. The Kier molecular flexibility index (Phi) is 6.92. The van der Waals surface area contributed by atoms with Crippen molar-refractivity contribution in [3.63, 3.8) is 0 Å². The van der Waals surface area contributed by atoms with Gasteiger partial charge in [0.15, 0.2) is 0 Å². The third kappa shape index (κ3) is 6.22. The average molecular weight is 266 g/mol. The van der Waals surface area contributed by atoms with Crippen LogP contribution in [-0.4, -0.2) is 37.3 Å². The van der Waals surface area contributed by atoms with Crippen molar-refractivity contribution in [3.05, 3.63) is 24.3 Å². The second-order valence-corrected chi connectivity index (χ2v) is 4.42. The summed E-state index contributed by atoms with van der Waals surface area (Å²) in [4.78, 5) is 11.7. The Labute approximate surface area is 114 Å². The molecular formula is C14H22N2O3. The minimum absolute atomic E-state index is 0.110. The van der Waals surface area contributed by atoms with Gasteiger partial charge in [-0.05, 0) is 38.4 Å². The van der Waals surface area contributed by atoms with Crippen LogP contribution in [0.3, 0.4) is 0 Å². The quantitative estimate of drug-likeness (QED) is 0.622. The summed E-state index contributed by atoms with van der Waals surface area (Å²) in [5.41, 5.74) is 0.667. The highest BCUT2D eigenvalue weighted by atomic mass is 16.5. The maximum absolute atomic E-state index is 11.7. The van der Waals surface area contributed by atoms with Crippen LogP contribution in [0, 0.1) is 0 Å². The molecule has 1 unspecified atom stereocenters. The fraction of sp³-hybridized carbons (Fsp3) is 0.500. The number of methoxy groups -OCH3 is 1. The SMILES string of the molecule is COc1ccccc1NC(=O)CNCCCC(C)O. The van der Waals surface area contributed by atoms with E-state index in [2.05, 4.69) is 10.6 Å². The number of para-hydroxylation sites is 2. The fourth-order valence-corrected chi connectivity index (χ4v) is 1.67. The van der Waals surface area contributed by atoms with E-state index in [1.807, 2.05) is 12.1 Å². The maximum Gasteiger partial charge on any atom is 0.238 e. The van der Waals surface area contributed by atoms with Crippen LogP contribution in [0.4, 0.5) is 5.69 Å². The van der Waals surface area contributed by atoms with E-state index in [1.54, 1.807) is 26.2 Å². The second-order valence-electron chi connectivity index (χ2n) is 4.42. The molecule has 1 atom stereocenters. The lowest BCUT2D eigenvalue weighted by Crippen LogP contribution is -2.29. The number of rotatable bonds is 8. The first-order valence-corrected chi connectivity index (χ1v) is 6.45. The maximum atomic E-state index is 11.7. The van der Waals surface area contributed by atoms with Crippen LogP contribution in [0.25, 0.3) is 0 Å². The van der Waals surface area contributed by atoms with E-state index in [0.717, 1.165) is 12.8 Å². The van der Waals surface area contributed by atoms with Crippen molar-refractivity contribution in [2.24, 2.45) is 0 Å². The first-order valence-electron chi connectivity index (χ1n) is 6.45. The number of aliphatic hydroxyl groups excluding tert-OH is 1. The molecule has 0 aromatic heterocycles. The number of aliphatic hydroxyl groups is 1. The lowest BCUT2D eigenvalue weighted by atomic mass is 10.2. The highest BCUT2D eigenvalue weighted by molar-refractivity contribution is 5.93. The lowest BCUT2D eigenvalue weighted by Gasteiger charge is -2.10. The zero-order chi connectivity index (χ0) is 14.1. The number of benzene rings is 1. The Balaban J connectivity index is 2.27. The van der Waals surface area contributed by atoms with Gasteiger partial charge in [-0.3, -0.25) is 4.79 Å². The van der Waals surface area contributed by atoms with E-state index in [1.165, 1.54) is 0 Å². The smallest absolute Gasteiger partial charge is 0.238 e. The van der Waals surface area contributed by atoms with Crippen molar-refractivity contribution in [2.45, 2.75) is 25.9 Å². The number of hydrogen-bond acceptors (Lipinski definition) is 4. The highest BCUT2D eigenvalue weighted by Gasteiger charge is 2.06. The molecular weight excluding hydrogens is 244 g/mol. The van der Waals surface area contributed by atoms with Crippen LogP contribution in [-0.2, 0) is 4.79 Å². The molecule has 0 aliphatic rings. The third-order valence-corrected chi connectivity index (χ3v) is 2.64. The van der Waals surface area contributed by atoms with Gasteiger partial charge < -0.3 is 20.5 Å². The summed E-state index contributed by atoms with van der Waals surface area (Å²) in [6.45, 7) is 2.72. The van der Waals surface area contributed by atoms with Crippen LogP contribution in [0.5, 0.6) is 5.75 Å². The molecule has 1 rings (SSSR count). The van der Waals surface area contributed by atoms with Crippen LogP contribution >= 0.6 is 0 Å². The van der Waals surface area contributed by atoms with Gasteiger partial charge >= 0.3 is 0 Å². The Hall–Kier alpha value is -1.59. The van der Waals surface area contributed by atoms with Gasteiger partial charge in [-0.1, -0.05) is 12.1 Å². The molecule has 0 radical (unpaired) electrons. The molecule has 1 amide bonds. The predicted octanol–water partition coefficient (Wildman–Crippen LogP) is 1.38. The van der Waals surface area contributed by atoms with Gasteiger partial charge in [0, 0.05) is 0 Å². The number of ether oxygens (including phenoxy) is 1. The fourth-order valence-electron chi connectivity index (χ4n) is 1.67. The normalized spacial score (nSPS) is 11.9. The van der Waals surface area contributed by atoms with Crippen LogP contribution in [0.1, 0.15) is 19.8 Å². The highest BCUT2D eigenvalue weighted by Crippen LogP contribution is 2.22. The van der Waals surface area contributed by atoms with E-state index in [-0.39, 0.29) is 18.6 Å².